The van der Waals surface area contributed by atoms with Gasteiger partial charge in [0.15, 0.2) is 4.32 Å². The van der Waals surface area contributed by atoms with Gasteiger partial charge in [-0.3, -0.25) is 14.9 Å². The molecular weight excluding hydrogens is 357 g/mol. The zero-order valence-electron chi connectivity index (χ0n) is 10.9. The van der Waals surface area contributed by atoms with Crippen molar-refractivity contribution in [3.63, 3.8) is 0 Å². The number of hydrogen-bond acceptors (Lipinski definition) is 3. The quantitative estimate of drug-likeness (QED) is 0.455. The number of rotatable bonds is 5. The average molecular weight is 369 g/mol. The summed E-state index contributed by atoms with van der Waals surface area (Å²) in [7, 11) is 1.27. The van der Waals surface area contributed by atoms with E-state index in [1.54, 1.807) is 18.2 Å². The molecule has 0 aliphatic carbocycles. The van der Waals surface area contributed by atoms with Gasteiger partial charge in [-0.1, -0.05) is 34.1 Å². The number of carbonyl (C=O) groups excluding carboxylic acids is 1. The molecule has 0 N–H and O–H groups in total. The second-order valence-electron chi connectivity index (χ2n) is 4.45. The van der Waals surface area contributed by atoms with Crippen LogP contribution in [0, 0.1) is 10.1 Å². The van der Waals surface area contributed by atoms with Crippen LogP contribution in [0.15, 0.2) is 30.3 Å². The number of nitro groups is 1. The van der Waals surface area contributed by atoms with E-state index < -0.39 is 34.3 Å². The van der Waals surface area contributed by atoms with E-state index in [1.807, 2.05) is 0 Å². The highest BCUT2D eigenvalue weighted by atomic mass is 79.9. The number of hydrogen-bond donors (Lipinski definition) is 0. The van der Waals surface area contributed by atoms with Crippen molar-refractivity contribution in [1.82, 2.24) is 0 Å². The molecule has 1 aromatic carbocycles. The van der Waals surface area contributed by atoms with Gasteiger partial charge in [-0.15, -0.1) is 0 Å². The van der Waals surface area contributed by atoms with Crippen molar-refractivity contribution >= 4 is 27.5 Å². The van der Waals surface area contributed by atoms with E-state index in [2.05, 4.69) is 15.9 Å². The zero-order chi connectivity index (χ0) is 16.3. The minimum absolute atomic E-state index is 0.344. The molecule has 0 saturated carbocycles. The molecule has 1 unspecified atom stereocenters. The molecule has 0 spiro atoms. The Bertz CT molecular complexity index is 524. The molecule has 0 aliphatic rings. The summed E-state index contributed by atoms with van der Waals surface area (Å²) >= 11 is 2.63. The van der Waals surface area contributed by atoms with E-state index in [1.165, 1.54) is 19.2 Å². The molecule has 0 saturated heterocycles. The van der Waals surface area contributed by atoms with Crippen LogP contribution in [-0.2, 0) is 4.79 Å². The highest BCUT2D eigenvalue weighted by Crippen LogP contribution is 2.36. The van der Waals surface area contributed by atoms with Gasteiger partial charge in [-0.05, 0) is 12.1 Å². The van der Waals surface area contributed by atoms with Crippen molar-refractivity contribution in [2.45, 2.75) is 16.9 Å². The summed E-state index contributed by atoms with van der Waals surface area (Å²) in [5.41, 5.74) is 0.344. The van der Waals surface area contributed by atoms with Crippen LogP contribution in [0.4, 0.5) is 18.9 Å². The summed E-state index contributed by atoms with van der Waals surface area (Å²) in [6, 6.07) is 7.92. The van der Waals surface area contributed by atoms with Gasteiger partial charge in [-0.25, -0.2) is 0 Å². The second-order valence-corrected chi connectivity index (χ2v) is 5.97. The molecule has 9 heteroatoms. The Balaban J connectivity index is 3.08. The molecule has 1 aromatic rings. The summed E-state index contributed by atoms with van der Waals surface area (Å²) in [6.45, 7) is -1.16. The topological polar surface area (TPSA) is 63.5 Å². The predicted molar refractivity (Wildman–Crippen MR) is 74.0 cm³/mol. The van der Waals surface area contributed by atoms with Gasteiger partial charge >= 0.3 is 6.18 Å². The van der Waals surface area contributed by atoms with Gasteiger partial charge < -0.3 is 4.90 Å². The molecule has 0 aliphatic heterocycles. The van der Waals surface area contributed by atoms with Crippen LogP contribution in [0.2, 0.25) is 0 Å². The van der Waals surface area contributed by atoms with Gasteiger partial charge in [0.25, 0.3) is 5.91 Å². The van der Waals surface area contributed by atoms with Crippen molar-refractivity contribution in [2.24, 2.45) is 0 Å². The van der Waals surface area contributed by atoms with Crippen molar-refractivity contribution in [1.29, 1.82) is 0 Å². The van der Waals surface area contributed by atoms with Crippen molar-refractivity contribution in [3.8, 4) is 0 Å². The highest BCUT2D eigenvalue weighted by molar-refractivity contribution is 9.10. The molecule has 0 bridgehead atoms. The number of nitrogens with zero attached hydrogens (tertiary/aromatic N) is 2. The molecule has 0 aromatic heterocycles. The average Bonchev–Trinajstić information content (AvgIpc) is 2.34. The van der Waals surface area contributed by atoms with Crippen LogP contribution in [0.3, 0.4) is 0 Å². The number of amides is 1. The van der Waals surface area contributed by atoms with E-state index in [4.69, 9.17) is 0 Å². The second kappa shape index (κ2) is 6.42. The SMILES string of the molecule is CN(C(=O)C(Br)(C[N+](=O)[O-])CC(F)(F)F)c1ccccc1. The van der Waals surface area contributed by atoms with Crippen molar-refractivity contribution in [3.05, 3.63) is 40.4 Å². The maximum absolute atomic E-state index is 12.6. The van der Waals surface area contributed by atoms with E-state index in [0.717, 1.165) is 4.90 Å². The number of alkyl halides is 4. The fraction of sp³-hybridized carbons (Fsp3) is 0.417. The molecule has 0 heterocycles. The van der Waals surface area contributed by atoms with Gasteiger partial charge in [0.1, 0.15) is 0 Å². The van der Waals surface area contributed by atoms with Crippen LogP contribution in [0.25, 0.3) is 0 Å². The van der Waals surface area contributed by atoms with Crippen molar-refractivity contribution < 1.29 is 22.9 Å². The molecule has 0 radical (unpaired) electrons. The first-order valence-electron chi connectivity index (χ1n) is 5.76. The van der Waals surface area contributed by atoms with Gasteiger partial charge in [0.05, 0.1) is 6.42 Å². The first kappa shape index (κ1) is 17.4. The third kappa shape index (κ3) is 5.00. The Labute approximate surface area is 127 Å². The molecule has 1 rings (SSSR count). The largest absolute Gasteiger partial charge is 0.391 e. The predicted octanol–water partition coefficient (Wildman–Crippen LogP) is 3.01. The number of benzene rings is 1. The fourth-order valence-electron chi connectivity index (χ4n) is 1.79. The maximum atomic E-state index is 12.6. The van der Waals surface area contributed by atoms with Gasteiger partial charge in [0, 0.05) is 17.7 Å². The summed E-state index contributed by atoms with van der Waals surface area (Å²) < 4.78 is 35.5. The first-order chi connectivity index (χ1) is 9.55. The van der Waals surface area contributed by atoms with E-state index in [0.29, 0.717) is 5.69 Å². The van der Waals surface area contributed by atoms with Gasteiger partial charge in [-0.2, -0.15) is 13.2 Å². The van der Waals surface area contributed by atoms with E-state index in [-0.39, 0.29) is 0 Å². The first-order valence-corrected chi connectivity index (χ1v) is 6.55. The molecule has 21 heavy (non-hydrogen) atoms. The molecular formula is C12H12BrF3N2O3. The molecule has 1 atom stereocenters. The minimum Gasteiger partial charge on any atom is -0.314 e. The number of halogens is 4. The normalized spacial score (nSPS) is 14.3. The van der Waals surface area contributed by atoms with Crippen LogP contribution < -0.4 is 4.90 Å². The monoisotopic (exact) mass is 368 g/mol. The van der Waals surface area contributed by atoms with Crippen LogP contribution in [0.5, 0.6) is 0 Å². The minimum atomic E-state index is -4.72. The lowest BCUT2D eigenvalue weighted by atomic mass is 10.0. The molecule has 1 amide bonds. The maximum Gasteiger partial charge on any atom is 0.391 e. The Kier molecular flexibility index (Phi) is 5.32. The summed E-state index contributed by atoms with van der Waals surface area (Å²) in [5, 5.41) is 10.6. The lowest BCUT2D eigenvalue weighted by molar-refractivity contribution is -0.483. The standard InChI is InChI=1S/C12H12BrF3N2O3/c1-17(9-5-3-2-4-6-9)10(19)11(13,8-18(20)21)7-12(14,15)16/h2-6H,7-8H2,1H3. The number of carbonyl (C=O) groups is 1. The summed E-state index contributed by atoms with van der Waals surface area (Å²) in [4.78, 5) is 22.9. The van der Waals surface area contributed by atoms with Gasteiger partial charge in [0.2, 0.25) is 6.54 Å². The Hall–Kier alpha value is -1.64. The smallest absolute Gasteiger partial charge is 0.314 e. The van der Waals surface area contributed by atoms with E-state index in [9.17, 15) is 28.1 Å². The van der Waals surface area contributed by atoms with E-state index >= 15 is 0 Å². The third-order valence-corrected chi connectivity index (χ3v) is 3.56. The highest BCUT2D eigenvalue weighted by Gasteiger charge is 2.51. The van der Waals surface area contributed by atoms with Crippen LogP contribution >= 0.6 is 15.9 Å². The van der Waals surface area contributed by atoms with Crippen LogP contribution in [-0.4, -0.2) is 34.9 Å². The lowest BCUT2D eigenvalue weighted by Gasteiger charge is -2.28. The summed E-state index contributed by atoms with van der Waals surface area (Å²) in [5.74, 6) is -1.03. The van der Waals surface area contributed by atoms with Crippen LogP contribution in [0.1, 0.15) is 6.42 Å². The lowest BCUT2D eigenvalue weighted by Crippen LogP contribution is -2.50. The Morgan fingerprint density at radius 1 is 1.33 bits per heavy atom. The van der Waals surface area contributed by atoms with Crippen molar-refractivity contribution in [2.75, 3.05) is 18.5 Å². The Morgan fingerprint density at radius 2 is 1.86 bits per heavy atom. The number of anilines is 1. The Morgan fingerprint density at radius 3 is 2.29 bits per heavy atom. The third-order valence-electron chi connectivity index (χ3n) is 2.69. The molecule has 0 fully saturated rings. The number of para-hydroxylation sites is 1. The summed E-state index contributed by atoms with van der Waals surface area (Å²) in [6.07, 6.45) is -6.34. The zero-order valence-corrected chi connectivity index (χ0v) is 12.5. The molecule has 5 nitrogen and oxygen atoms in total. The molecule has 116 valence electrons. The fourth-order valence-corrected chi connectivity index (χ4v) is 2.58.